The number of ether oxygens (including phenoxy) is 5. The maximum Gasteiger partial charge on any atom is 0.302 e. The van der Waals surface area contributed by atoms with Gasteiger partial charge >= 0.3 is 11.9 Å². The molecule has 0 saturated heterocycles. The van der Waals surface area contributed by atoms with Crippen LogP contribution in [0.15, 0.2) is 0 Å². The molecule has 0 spiro atoms. The van der Waals surface area contributed by atoms with Gasteiger partial charge in [0.1, 0.15) is 19.3 Å². The molecule has 7 heteroatoms. The van der Waals surface area contributed by atoms with E-state index in [1.54, 1.807) is 0 Å². The molecule has 20 heavy (non-hydrogen) atoms. The fraction of sp³-hybridized carbons (Fsp3) is 0.769. The van der Waals surface area contributed by atoms with Crippen molar-refractivity contribution in [2.24, 2.45) is 0 Å². The zero-order valence-electron chi connectivity index (χ0n) is 12.1. The van der Waals surface area contributed by atoms with E-state index in [-0.39, 0.29) is 31.3 Å². The summed E-state index contributed by atoms with van der Waals surface area (Å²) in [4.78, 5) is 21.1. The van der Waals surface area contributed by atoms with Gasteiger partial charge in [0.2, 0.25) is 0 Å². The second kappa shape index (κ2) is 12.8. The van der Waals surface area contributed by atoms with Crippen molar-refractivity contribution in [2.75, 3.05) is 46.2 Å². The van der Waals surface area contributed by atoms with Crippen LogP contribution in [-0.2, 0) is 33.3 Å². The van der Waals surface area contributed by atoms with Gasteiger partial charge in [-0.15, -0.1) is 0 Å². The number of carbonyl (C=O) groups is 2. The Balaban J connectivity index is 3.59. The van der Waals surface area contributed by atoms with Crippen LogP contribution in [0.1, 0.15) is 13.8 Å². The molecule has 0 N–H and O–H groups in total. The summed E-state index contributed by atoms with van der Waals surface area (Å²) in [6.45, 7) is 8.19. The third kappa shape index (κ3) is 13.3. The fourth-order valence-electron chi connectivity index (χ4n) is 1.23. The molecule has 0 fully saturated rings. The third-order valence-electron chi connectivity index (χ3n) is 2.03. The summed E-state index contributed by atoms with van der Waals surface area (Å²) in [6.07, 6.45) is -0.262. The minimum atomic E-state index is -0.340. The van der Waals surface area contributed by atoms with E-state index in [9.17, 15) is 9.59 Å². The largest absolute Gasteiger partial charge is 0.463 e. The Morgan fingerprint density at radius 1 is 0.900 bits per heavy atom. The van der Waals surface area contributed by atoms with Gasteiger partial charge in [-0.2, -0.15) is 0 Å². The molecule has 0 aromatic rings. The van der Waals surface area contributed by atoms with Gasteiger partial charge in [0, 0.05) is 20.5 Å². The molecule has 0 bridgehead atoms. The average Bonchev–Trinajstić information content (AvgIpc) is 2.37. The molecule has 0 atom stereocenters. The lowest BCUT2D eigenvalue weighted by atomic mass is 10.4. The van der Waals surface area contributed by atoms with Crippen LogP contribution in [0.5, 0.6) is 0 Å². The molecule has 0 aliphatic heterocycles. The predicted octanol–water partition coefficient (Wildman–Crippen LogP) is 0.365. The highest BCUT2D eigenvalue weighted by atomic mass is 16.6. The molecule has 0 amide bonds. The lowest BCUT2D eigenvalue weighted by Gasteiger charge is -2.17. The van der Waals surface area contributed by atoms with E-state index in [4.69, 9.17) is 23.7 Å². The highest BCUT2D eigenvalue weighted by Crippen LogP contribution is 1.96. The summed E-state index contributed by atoms with van der Waals surface area (Å²) < 4.78 is 25.4. The highest BCUT2D eigenvalue weighted by Gasteiger charge is 2.09. The van der Waals surface area contributed by atoms with Crippen LogP contribution in [0, 0.1) is 6.92 Å². The first-order valence-corrected chi connectivity index (χ1v) is 6.39. The zero-order valence-corrected chi connectivity index (χ0v) is 12.1. The number of hydrogen-bond acceptors (Lipinski definition) is 7. The zero-order chi connectivity index (χ0) is 15.2. The molecule has 0 rings (SSSR count). The smallest absolute Gasteiger partial charge is 0.302 e. The number of esters is 2. The number of rotatable bonds is 12. The maximum atomic E-state index is 10.5. The van der Waals surface area contributed by atoms with Crippen LogP contribution >= 0.6 is 0 Å². The molecule has 1 radical (unpaired) electrons. The fourth-order valence-corrected chi connectivity index (χ4v) is 1.23. The van der Waals surface area contributed by atoms with Gasteiger partial charge in [-0.1, -0.05) is 0 Å². The minimum absolute atomic E-state index is 0.208. The minimum Gasteiger partial charge on any atom is -0.463 e. The molecule has 0 unspecified atom stereocenters. The van der Waals surface area contributed by atoms with Gasteiger partial charge in [-0.25, -0.2) is 0 Å². The first-order chi connectivity index (χ1) is 9.56. The van der Waals surface area contributed by atoms with Gasteiger partial charge in [-0.05, 0) is 6.92 Å². The highest BCUT2D eigenvalue weighted by molar-refractivity contribution is 5.66. The van der Waals surface area contributed by atoms with Crippen molar-refractivity contribution in [2.45, 2.75) is 20.0 Å². The van der Waals surface area contributed by atoms with Gasteiger partial charge in [0.05, 0.1) is 26.4 Å². The molecule has 0 aromatic heterocycles. The molecule has 0 aliphatic rings. The Bertz CT molecular complexity index is 243. The third-order valence-corrected chi connectivity index (χ3v) is 2.03. The van der Waals surface area contributed by atoms with E-state index in [2.05, 4.69) is 6.92 Å². The predicted molar refractivity (Wildman–Crippen MR) is 70.0 cm³/mol. The Morgan fingerprint density at radius 3 is 1.70 bits per heavy atom. The Labute approximate surface area is 119 Å². The second-order valence-electron chi connectivity index (χ2n) is 3.82. The lowest BCUT2D eigenvalue weighted by Crippen LogP contribution is -2.27. The molecular weight excluding hydrogens is 268 g/mol. The van der Waals surface area contributed by atoms with Crippen LogP contribution in [0.2, 0.25) is 0 Å². The molecule has 117 valence electrons. The van der Waals surface area contributed by atoms with Crippen molar-refractivity contribution in [1.82, 2.24) is 0 Å². The number of carbonyl (C=O) groups excluding carboxylic acids is 2. The van der Waals surface area contributed by atoms with E-state index in [1.165, 1.54) is 13.8 Å². The van der Waals surface area contributed by atoms with Crippen molar-refractivity contribution < 1.29 is 33.3 Å². The summed E-state index contributed by atoms with van der Waals surface area (Å²) in [5.74, 6) is -0.680. The van der Waals surface area contributed by atoms with Gasteiger partial charge in [-0.3, -0.25) is 9.59 Å². The van der Waals surface area contributed by atoms with Crippen molar-refractivity contribution in [3.8, 4) is 0 Å². The Morgan fingerprint density at radius 2 is 1.35 bits per heavy atom. The van der Waals surface area contributed by atoms with E-state index in [0.29, 0.717) is 33.0 Å². The van der Waals surface area contributed by atoms with Crippen LogP contribution in [0.3, 0.4) is 0 Å². The Kier molecular flexibility index (Phi) is 12.1. The van der Waals surface area contributed by atoms with Gasteiger partial charge in [0.15, 0.2) is 0 Å². The second-order valence-corrected chi connectivity index (χ2v) is 3.82. The molecule has 7 nitrogen and oxygen atoms in total. The average molecular weight is 291 g/mol. The molecular formula is C13H23O7. The van der Waals surface area contributed by atoms with Crippen LogP contribution in [0.4, 0.5) is 0 Å². The SMILES string of the molecule is [CH2]COC(COCCOC(C)=O)COCCOC(C)=O. The van der Waals surface area contributed by atoms with Crippen LogP contribution in [-0.4, -0.2) is 64.3 Å². The topological polar surface area (TPSA) is 80.3 Å². The monoisotopic (exact) mass is 291 g/mol. The van der Waals surface area contributed by atoms with Crippen LogP contribution < -0.4 is 0 Å². The molecule has 0 heterocycles. The Hall–Kier alpha value is -1.18. The lowest BCUT2D eigenvalue weighted by molar-refractivity contribution is -0.143. The van der Waals surface area contributed by atoms with E-state index >= 15 is 0 Å². The maximum absolute atomic E-state index is 10.5. The van der Waals surface area contributed by atoms with Gasteiger partial charge < -0.3 is 23.7 Å². The van der Waals surface area contributed by atoms with E-state index < -0.39 is 0 Å². The normalized spacial score (nSPS) is 10.6. The summed E-state index contributed by atoms with van der Waals surface area (Å²) in [5, 5.41) is 0. The molecule has 0 aliphatic carbocycles. The van der Waals surface area contributed by atoms with Crippen molar-refractivity contribution in [1.29, 1.82) is 0 Å². The first kappa shape index (κ1) is 18.8. The van der Waals surface area contributed by atoms with Gasteiger partial charge in [0.25, 0.3) is 0 Å². The summed E-state index contributed by atoms with van der Waals surface area (Å²) in [6, 6.07) is 0. The van der Waals surface area contributed by atoms with E-state index in [1.807, 2.05) is 0 Å². The van der Waals surface area contributed by atoms with Crippen molar-refractivity contribution >= 4 is 11.9 Å². The summed E-state index contributed by atoms with van der Waals surface area (Å²) >= 11 is 0. The number of hydrogen-bond donors (Lipinski definition) is 0. The van der Waals surface area contributed by atoms with Crippen LogP contribution in [0.25, 0.3) is 0 Å². The molecule has 0 aromatic carbocycles. The quantitative estimate of drug-likeness (QED) is 0.379. The first-order valence-electron chi connectivity index (χ1n) is 6.39. The van der Waals surface area contributed by atoms with E-state index in [0.717, 1.165) is 0 Å². The van der Waals surface area contributed by atoms with Crippen molar-refractivity contribution in [3.05, 3.63) is 6.92 Å². The summed E-state index contributed by atoms with van der Waals surface area (Å²) in [7, 11) is 0. The van der Waals surface area contributed by atoms with Crippen molar-refractivity contribution in [3.63, 3.8) is 0 Å². The summed E-state index contributed by atoms with van der Waals surface area (Å²) in [5.41, 5.74) is 0. The standard InChI is InChI=1S/C13H23O7/c1-4-18-13(9-16-5-7-19-11(2)14)10-17-6-8-20-12(3)15/h13H,1,4-10H2,2-3H3. The molecule has 0 saturated carbocycles.